The number of thioether (sulfide) groups is 1. The molecule has 0 bridgehead atoms. The Kier molecular flexibility index (Phi) is 8.84. The standard InChI is InChI=1S/C22H21F3N4O2S2/c1-2-4-18(26-19(30)10-14-8-16(24)11-17(25)9-14)20(31)27-21-28-29-22(33-21)32-12-13-5-3-6-15(23)7-13/h3,5-9,11,18H,2,4,10,12H2,1H3,(H,26,30)(H,27,28,31). The second-order valence-corrected chi connectivity index (χ2v) is 9.34. The maximum atomic E-state index is 13.3. The van der Waals surface area contributed by atoms with Crippen LogP contribution in [0.3, 0.4) is 0 Å². The Bertz CT molecular complexity index is 1110. The van der Waals surface area contributed by atoms with Gasteiger partial charge in [-0.15, -0.1) is 10.2 Å². The van der Waals surface area contributed by atoms with Gasteiger partial charge in [-0.2, -0.15) is 0 Å². The zero-order valence-corrected chi connectivity index (χ0v) is 19.2. The van der Waals surface area contributed by atoms with Crippen molar-refractivity contribution >= 4 is 40.0 Å². The summed E-state index contributed by atoms with van der Waals surface area (Å²) in [7, 11) is 0. The fraction of sp³-hybridized carbons (Fsp3) is 0.273. The van der Waals surface area contributed by atoms with Crippen molar-refractivity contribution in [3.05, 3.63) is 71.0 Å². The van der Waals surface area contributed by atoms with E-state index < -0.39 is 29.5 Å². The van der Waals surface area contributed by atoms with Crippen molar-refractivity contribution in [2.24, 2.45) is 0 Å². The first-order valence-electron chi connectivity index (χ1n) is 10.1. The van der Waals surface area contributed by atoms with Crippen molar-refractivity contribution in [1.29, 1.82) is 0 Å². The number of nitrogens with zero attached hydrogens (tertiary/aromatic N) is 2. The van der Waals surface area contributed by atoms with E-state index in [4.69, 9.17) is 0 Å². The average Bonchev–Trinajstić information content (AvgIpc) is 3.18. The summed E-state index contributed by atoms with van der Waals surface area (Å²) in [5, 5.41) is 13.5. The lowest BCUT2D eigenvalue weighted by atomic mass is 10.1. The number of aromatic nitrogens is 2. The molecule has 3 aromatic rings. The van der Waals surface area contributed by atoms with E-state index in [0.717, 1.165) is 35.1 Å². The Morgan fingerprint density at radius 3 is 2.45 bits per heavy atom. The van der Waals surface area contributed by atoms with Gasteiger partial charge in [-0.1, -0.05) is 48.6 Å². The summed E-state index contributed by atoms with van der Waals surface area (Å²) >= 11 is 2.52. The molecule has 0 aliphatic rings. The lowest BCUT2D eigenvalue weighted by molar-refractivity contribution is -0.126. The smallest absolute Gasteiger partial charge is 0.248 e. The Balaban J connectivity index is 1.55. The molecule has 2 N–H and O–H groups in total. The molecule has 1 aromatic heterocycles. The van der Waals surface area contributed by atoms with Crippen LogP contribution in [0.1, 0.15) is 30.9 Å². The van der Waals surface area contributed by atoms with E-state index >= 15 is 0 Å². The fourth-order valence-electron chi connectivity index (χ4n) is 2.98. The summed E-state index contributed by atoms with van der Waals surface area (Å²) in [6, 6.07) is 8.26. The van der Waals surface area contributed by atoms with Gasteiger partial charge in [0.1, 0.15) is 23.5 Å². The van der Waals surface area contributed by atoms with Gasteiger partial charge < -0.3 is 5.32 Å². The van der Waals surface area contributed by atoms with Crippen LogP contribution in [0, 0.1) is 17.5 Å². The van der Waals surface area contributed by atoms with Crippen molar-refractivity contribution in [2.75, 3.05) is 5.32 Å². The monoisotopic (exact) mass is 494 g/mol. The first-order valence-corrected chi connectivity index (χ1v) is 11.9. The highest BCUT2D eigenvalue weighted by molar-refractivity contribution is 8.00. The van der Waals surface area contributed by atoms with Gasteiger partial charge in [0.2, 0.25) is 16.9 Å². The minimum absolute atomic E-state index is 0.171. The SMILES string of the molecule is CCCC(NC(=O)Cc1cc(F)cc(F)c1)C(=O)Nc1nnc(SCc2cccc(F)c2)s1. The number of carbonyl (C=O) groups is 2. The van der Waals surface area contributed by atoms with Crippen LogP contribution in [-0.2, 0) is 21.8 Å². The van der Waals surface area contributed by atoms with E-state index in [1.807, 2.05) is 6.92 Å². The number of benzene rings is 2. The molecule has 1 atom stereocenters. The van der Waals surface area contributed by atoms with Gasteiger partial charge in [0, 0.05) is 11.8 Å². The highest BCUT2D eigenvalue weighted by Gasteiger charge is 2.22. The highest BCUT2D eigenvalue weighted by atomic mass is 32.2. The number of amides is 2. The minimum atomic E-state index is -0.840. The molecule has 0 saturated carbocycles. The number of hydrogen-bond acceptors (Lipinski definition) is 6. The summed E-state index contributed by atoms with van der Waals surface area (Å²) in [5.41, 5.74) is 0.967. The molecule has 0 fully saturated rings. The number of halogens is 3. The maximum absolute atomic E-state index is 13.3. The van der Waals surface area contributed by atoms with E-state index in [2.05, 4.69) is 20.8 Å². The topological polar surface area (TPSA) is 84.0 Å². The predicted molar refractivity (Wildman–Crippen MR) is 121 cm³/mol. The summed E-state index contributed by atoms with van der Waals surface area (Å²) in [5.74, 6) is -2.36. The molecule has 33 heavy (non-hydrogen) atoms. The van der Waals surface area contributed by atoms with Gasteiger partial charge in [0.15, 0.2) is 4.34 Å². The van der Waals surface area contributed by atoms with Gasteiger partial charge in [-0.25, -0.2) is 13.2 Å². The molecule has 1 heterocycles. The van der Waals surface area contributed by atoms with Gasteiger partial charge in [-0.05, 0) is 41.8 Å². The molecule has 174 valence electrons. The van der Waals surface area contributed by atoms with Gasteiger partial charge in [0.05, 0.1) is 6.42 Å². The molecular weight excluding hydrogens is 473 g/mol. The zero-order chi connectivity index (χ0) is 23.8. The fourth-order valence-corrected chi connectivity index (χ4v) is 4.68. The minimum Gasteiger partial charge on any atom is -0.344 e. The summed E-state index contributed by atoms with van der Waals surface area (Å²) in [4.78, 5) is 25.0. The van der Waals surface area contributed by atoms with Crippen LogP contribution < -0.4 is 10.6 Å². The number of carbonyl (C=O) groups excluding carboxylic acids is 2. The zero-order valence-electron chi connectivity index (χ0n) is 17.6. The third kappa shape index (κ3) is 7.86. The third-order valence-electron chi connectivity index (χ3n) is 4.40. The normalized spacial score (nSPS) is 11.8. The van der Waals surface area contributed by atoms with Crippen LogP contribution in [0.15, 0.2) is 46.8 Å². The summed E-state index contributed by atoms with van der Waals surface area (Å²) in [6.45, 7) is 1.86. The Hall–Kier alpha value is -2.92. The first kappa shape index (κ1) is 24.7. The molecule has 2 aromatic carbocycles. The van der Waals surface area contributed by atoms with E-state index in [1.54, 1.807) is 12.1 Å². The largest absolute Gasteiger partial charge is 0.344 e. The number of nitrogens with one attached hydrogen (secondary N) is 2. The van der Waals surface area contributed by atoms with Crippen LogP contribution in [-0.4, -0.2) is 28.1 Å². The number of hydrogen-bond donors (Lipinski definition) is 2. The van der Waals surface area contributed by atoms with Crippen molar-refractivity contribution < 1.29 is 22.8 Å². The molecular formula is C22H21F3N4O2S2. The Labute approximate surface area is 197 Å². The number of anilines is 1. The molecule has 3 rings (SSSR count). The van der Waals surface area contributed by atoms with Crippen molar-refractivity contribution in [2.45, 2.75) is 42.3 Å². The first-order chi connectivity index (χ1) is 15.8. The molecule has 0 spiro atoms. The van der Waals surface area contributed by atoms with E-state index in [9.17, 15) is 22.8 Å². The molecule has 2 amide bonds. The van der Waals surface area contributed by atoms with Crippen LogP contribution in [0.5, 0.6) is 0 Å². The van der Waals surface area contributed by atoms with Crippen LogP contribution in [0.25, 0.3) is 0 Å². The Morgan fingerprint density at radius 1 is 1.03 bits per heavy atom. The maximum Gasteiger partial charge on any atom is 0.248 e. The molecule has 11 heteroatoms. The predicted octanol–water partition coefficient (Wildman–Crippen LogP) is 4.71. The van der Waals surface area contributed by atoms with Crippen LogP contribution >= 0.6 is 23.1 Å². The summed E-state index contributed by atoms with van der Waals surface area (Å²) < 4.78 is 40.6. The lowest BCUT2D eigenvalue weighted by Crippen LogP contribution is -2.44. The number of rotatable bonds is 10. The summed E-state index contributed by atoms with van der Waals surface area (Å²) in [6.07, 6.45) is 0.731. The van der Waals surface area contributed by atoms with E-state index in [-0.39, 0.29) is 22.9 Å². The van der Waals surface area contributed by atoms with Crippen molar-refractivity contribution in [3.63, 3.8) is 0 Å². The third-order valence-corrected chi connectivity index (χ3v) is 6.45. The van der Waals surface area contributed by atoms with Gasteiger partial charge in [0.25, 0.3) is 0 Å². The van der Waals surface area contributed by atoms with Crippen LogP contribution in [0.2, 0.25) is 0 Å². The van der Waals surface area contributed by atoms with Crippen molar-refractivity contribution in [1.82, 2.24) is 15.5 Å². The quantitative estimate of drug-likeness (QED) is 0.315. The highest BCUT2D eigenvalue weighted by Crippen LogP contribution is 2.28. The second-order valence-electron chi connectivity index (χ2n) is 7.14. The molecule has 6 nitrogen and oxygen atoms in total. The average molecular weight is 495 g/mol. The van der Waals surface area contributed by atoms with Gasteiger partial charge >= 0.3 is 0 Å². The van der Waals surface area contributed by atoms with E-state index in [1.165, 1.54) is 23.9 Å². The molecule has 1 unspecified atom stereocenters. The Morgan fingerprint density at radius 2 is 1.76 bits per heavy atom. The van der Waals surface area contributed by atoms with Crippen LogP contribution in [0.4, 0.5) is 18.3 Å². The van der Waals surface area contributed by atoms with E-state index in [0.29, 0.717) is 22.9 Å². The molecule has 0 aliphatic carbocycles. The lowest BCUT2D eigenvalue weighted by Gasteiger charge is -2.17. The molecule has 0 radical (unpaired) electrons. The molecule has 0 aliphatic heterocycles. The van der Waals surface area contributed by atoms with Crippen molar-refractivity contribution in [3.8, 4) is 0 Å². The molecule has 0 saturated heterocycles. The second kappa shape index (κ2) is 11.8. The van der Waals surface area contributed by atoms with Gasteiger partial charge in [-0.3, -0.25) is 14.9 Å².